The number of benzene rings is 2. The molecule has 0 bridgehead atoms. The third-order valence-corrected chi connectivity index (χ3v) is 8.69. The van der Waals surface area contributed by atoms with E-state index in [1.807, 2.05) is 0 Å². The van der Waals surface area contributed by atoms with Gasteiger partial charge in [-0.3, -0.25) is 14.5 Å². The van der Waals surface area contributed by atoms with Crippen LogP contribution in [0.25, 0.3) is 0 Å². The predicted octanol–water partition coefficient (Wildman–Crippen LogP) is 2.85. The van der Waals surface area contributed by atoms with Gasteiger partial charge in [-0.1, -0.05) is 24.3 Å². The average molecular weight is 505 g/mol. The molecular formula is C24H29ClN4O4S. The van der Waals surface area contributed by atoms with Gasteiger partial charge in [0.15, 0.2) is 0 Å². The van der Waals surface area contributed by atoms with Crippen molar-refractivity contribution in [2.45, 2.75) is 37.1 Å². The zero-order chi connectivity index (χ0) is 23.0. The van der Waals surface area contributed by atoms with E-state index < -0.39 is 21.8 Å². The summed E-state index contributed by atoms with van der Waals surface area (Å²) in [7, 11) is -3.68. The van der Waals surface area contributed by atoms with Crippen LogP contribution in [0, 0.1) is 5.92 Å². The van der Waals surface area contributed by atoms with Gasteiger partial charge in [0.2, 0.25) is 21.8 Å². The highest BCUT2D eigenvalue weighted by molar-refractivity contribution is 7.89. The zero-order valence-electron chi connectivity index (χ0n) is 18.8. The lowest BCUT2D eigenvalue weighted by Gasteiger charge is -2.36. The molecule has 1 fully saturated rings. The van der Waals surface area contributed by atoms with E-state index in [1.165, 1.54) is 33.6 Å². The number of carbonyl (C=O) groups excluding carboxylic acids is 2. The molecular weight excluding hydrogens is 476 g/mol. The summed E-state index contributed by atoms with van der Waals surface area (Å²) < 4.78 is 28.0. The molecule has 1 saturated heterocycles. The SMILES string of the molecule is Cl.O=C1CC(=O)Nc2cc(S(=O)(=O)N3CCC(CN4CCc5ccccc5C4)CC3)ccc2N1. The lowest BCUT2D eigenvalue weighted by Crippen LogP contribution is -2.42. The summed E-state index contributed by atoms with van der Waals surface area (Å²) in [5.74, 6) is -0.397. The first-order chi connectivity index (χ1) is 15.9. The fraction of sp³-hybridized carbons (Fsp3) is 0.417. The molecule has 3 aliphatic heterocycles. The van der Waals surface area contributed by atoms with Gasteiger partial charge in [0, 0.05) is 32.7 Å². The Morgan fingerprint density at radius 1 is 0.882 bits per heavy atom. The maximum atomic E-state index is 13.3. The number of anilines is 2. The molecule has 5 rings (SSSR count). The van der Waals surface area contributed by atoms with Crippen LogP contribution in [0.15, 0.2) is 47.4 Å². The van der Waals surface area contributed by atoms with Gasteiger partial charge >= 0.3 is 0 Å². The lowest BCUT2D eigenvalue weighted by atomic mass is 9.94. The van der Waals surface area contributed by atoms with Crippen molar-refractivity contribution in [1.82, 2.24) is 9.21 Å². The predicted molar refractivity (Wildman–Crippen MR) is 132 cm³/mol. The molecule has 2 N–H and O–H groups in total. The fourth-order valence-electron chi connectivity index (χ4n) is 4.99. The molecule has 0 aliphatic carbocycles. The third-order valence-electron chi connectivity index (χ3n) is 6.80. The van der Waals surface area contributed by atoms with Gasteiger partial charge in [0.25, 0.3) is 0 Å². The standard InChI is InChI=1S/C24H28N4O4S.ClH/c29-23-14-24(30)26-22-13-20(5-6-21(22)25-23)33(31,32)28-11-7-17(8-12-28)15-27-10-9-18-3-1-2-4-19(18)16-27;/h1-6,13,17H,7-12,14-16H2,(H,25,29)(H,26,30);1H. The summed E-state index contributed by atoms with van der Waals surface area (Å²) in [4.78, 5) is 26.2. The highest BCUT2D eigenvalue weighted by Crippen LogP contribution is 2.31. The maximum absolute atomic E-state index is 13.3. The first-order valence-corrected chi connectivity index (χ1v) is 12.9. The van der Waals surface area contributed by atoms with Crippen molar-refractivity contribution in [1.29, 1.82) is 0 Å². The van der Waals surface area contributed by atoms with Crippen LogP contribution in [-0.2, 0) is 32.6 Å². The van der Waals surface area contributed by atoms with Crippen LogP contribution in [0.3, 0.4) is 0 Å². The second-order valence-electron chi connectivity index (χ2n) is 9.08. The van der Waals surface area contributed by atoms with Crippen LogP contribution in [0.5, 0.6) is 0 Å². The van der Waals surface area contributed by atoms with E-state index in [-0.39, 0.29) is 23.7 Å². The van der Waals surface area contributed by atoms with Gasteiger partial charge in [-0.15, -0.1) is 12.4 Å². The fourth-order valence-corrected chi connectivity index (χ4v) is 6.48. The minimum absolute atomic E-state index is 0. The summed E-state index contributed by atoms with van der Waals surface area (Å²) in [6.45, 7) is 3.97. The van der Waals surface area contributed by atoms with Crippen LogP contribution < -0.4 is 10.6 Å². The van der Waals surface area contributed by atoms with Crippen LogP contribution in [0.4, 0.5) is 11.4 Å². The monoisotopic (exact) mass is 504 g/mol. The van der Waals surface area contributed by atoms with E-state index >= 15 is 0 Å². The number of sulfonamides is 1. The average Bonchev–Trinajstić information content (AvgIpc) is 2.95. The number of carbonyl (C=O) groups is 2. The quantitative estimate of drug-likeness (QED) is 0.624. The molecule has 2 amide bonds. The lowest BCUT2D eigenvalue weighted by molar-refractivity contribution is -0.123. The summed E-state index contributed by atoms with van der Waals surface area (Å²) in [6, 6.07) is 13.1. The Bertz CT molecular complexity index is 1200. The number of amides is 2. The highest BCUT2D eigenvalue weighted by Gasteiger charge is 2.31. The largest absolute Gasteiger partial charge is 0.324 e. The summed E-state index contributed by atoms with van der Waals surface area (Å²) in [6.07, 6.45) is 2.44. The second kappa shape index (κ2) is 10.0. The van der Waals surface area contributed by atoms with Gasteiger partial charge in [0.05, 0.1) is 16.3 Å². The number of fused-ring (bicyclic) bond motifs is 2. The molecule has 2 aromatic carbocycles. The molecule has 0 unspecified atom stereocenters. The van der Waals surface area contributed by atoms with E-state index in [1.54, 1.807) is 0 Å². The van der Waals surface area contributed by atoms with Gasteiger partial charge < -0.3 is 10.6 Å². The molecule has 0 radical (unpaired) electrons. The highest BCUT2D eigenvalue weighted by atomic mass is 35.5. The number of hydrogen-bond donors (Lipinski definition) is 2. The van der Waals surface area contributed by atoms with Crippen LogP contribution >= 0.6 is 12.4 Å². The smallest absolute Gasteiger partial charge is 0.243 e. The first-order valence-electron chi connectivity index (χ1n) is 11.4. The van der Waals surface area contributed by atoms with E-state index in [9.17, 15) is 18.0 Å². The van der Waals surface area contributed by atoms with Crippen LogP contribution in [-0.4, -0.2) is 55.6 Å². The van der Waals surface area contributed by atoms with Crippen molar-refractivity contribution < 1.29 is 18.0 Å². The Hall–Kier alpha value is -2.46. The normalized spacial score (nSPS) is 19.8. The van der Waals surface area contributed by atoms with Crippen LogP contribution in [0.1, 0.15) is 30.4 Å². The number of piperidine rings is 1. The van der Waals surface area contributed by atoms with Gasteiger partial charge in [0.1, 0.15) is 6.42 Å². The van der Waals surface area contributed by atoms with Crippen molar-refractivity contribution in [3.63, 3.8) is 0 Å². The third kappa shape index (κ3) is 5.12. The number of nitrogens with zero attached hydrogens (tertiary/aromatic N) is 2. The summed E-state index contributed by atoms with van der Waals surface area (Å²) in [5.41, 5.74) is 3.56. The van der Waals surface area contributed by atoms with Crippen LogP contribution in [0.2, 0.25) is 0 Å². The Morgan fingerprint density at radius 2 is 1.56 bits per heavy atom. The molecule has 182 valence electrons. The number of hydrogen-bond acceptors (Lipinski definition) is 5. The Balaban J connectivity index is 0.00000274. The second-order valence-corrected chi connectivity index (χ2v) is 11.0. The summed E-state index contributed by atoms with van der Waals surface area (Å²) in [5, 5.41) is 5.24. The van der Waals surface area contributed by atoms with E-state index in [0.29, 0.717) is 30.4 Å². The molecule has 34 heavy (non-hydrogen) atoms. The minimum atomic E-state index is -3.68. The Morgan fingerprint density at radius 3 is 2.29 bits per heavy atom. The van der Waals surface area contributed by atoms with Crippen molar-refractivity contribution in [2.75, 3.05) is 36.8 Å². The Labute approximate surface area is 206 Å². The first kappa shape index (κ1) is 24.7. The maximum Gasteiger partial charge on any atom is 0.243 e. The number of nitrogens with one attached hydrogen (secondary N) is 2. The van der Waals surface area contributed by atoms with Gasteiger partial charge in [-0.05, 0) is 54.5 Å². The minimum Gasteiger partial charge on any atom is -0.324 e. The van der Waals surface area contributed by atoms with E-state index in [4.69, 9.17) is 0 Å². The van der Waals surface area contributed by atoms with E-state index in [2.05, 4.69) is 39.8 Å². The number of halogens is 1. The Kier molecular flexibility index (Phi) is 7.28. The van der Waals surface area contributed by atoms with E-state index in [0.717, 1.165) is 38.9 Å². The zero-order valence-corrected chi connectivity index (χ0v) is 20.5. The molecule has 0 aromatic heterocycles. The molecule has 0 atom stereocenters. The van der Waals surface area contributed by atoms with Crippen molar-refractivity contribution in [3.8, 4) is 0 Å². The molecule has 3 aliphatic rings. The van der Waals surface area contributed by atoms with Crippen molar-refractivity contribution >= 4 is 45.6 Å². The topological polar surface area (TPSA) is 98.8 Å². The molecule has 10 heteroatoms. The molecule has 0 saturated carbocycles. The number of rotatable bonds is 4. The molecule has 2 aromatic rings. The summed E-state index contributed by atoms with van der Waals surface area (Å²) >= 11 is 0. The molecule has 0 spiro atoms. The molecule has 8 nitrogen and oxygen atoms in total. The van der Waals surface area contributed by atoms with Crippen molar-refractivity contribution in [2.24, 2.45) is 5.92 Å². The molecule has 3 heterocycles. The van der Waals surface area contributed by atoms with Gasteiger partial charge in [-0.25, -0.2) is 8.42 Å². The van der Waals surface area contributed by atoms with Crippen molar-refractivity contribution in [3.05, 3.63) is 53.6 Å². The van der Waals surface area contributed by atoms with Gasteiger partial charge in [-0.2, -0.15) is 4.31 Å².